The highest BCUT2D eigenvalue weighted by atomic mass is 32.2. The summed E-state index contributed by atoms with van der Waals surface area (Å²) >= 11 is 2.20. The van der Waals surface area contributed by atoms with Crippen LogP contribution in [0.3, 0.4) is 0 Å². The summed E-state index contributed by atoms with van der Waals surface area (Å²) in [6, 6.07) is 29.3. The molecule has 702 valence electrons. The fourth-order valence-corrected chi connectivity index (χ4v) is 17.5. The van der Waals surface area contributed by atoms with Gasteiger partial charge >= 0.3 is 0 Å². The fourth-order valence-electron chi connectivity index (χ4n) is 15.7. The Morgan fingerprint density at radius 1 is 0.534 bits per heavy atom. The average molecular weight is 1840 g/mol. The van der Waals surface area contributed by atoms with Gasteiger partial charge in [-0.05, 0) is 105 Å². The molecule has 1 fully saturated rings. The van der Waals surface area contributed by atoms with Crippen molar-refractivity contribution in [1.82, 2.24) is 56.4 Å². The molecule has 1 aromatic heterocycles. The van der Waals surface area contributed by atoms with Gasteiger partial charge in [0.1, 0.15) is 72.3 Å². The number of benzene rings is 6. The molecule has 11 N–H and O–H groups in total. The second-order valence-electron chi connectivity index (χ2n) is 34.1. The van der Waals surface area contributed by atoms with E-state index in [1.54, 1.807) is 124 Å². The molecule has 2 heterocycles. The summed E-state index contributed by atoms with van der Waals surface area (Å²) in [5, 5.41) is 29.7. The number of halogens is 1. The molecule has 34 heteroatoms. The lowest BCUT2D eigenvalue weighted by Gasteiger charge is -2.37. The number of hydrogen-bond donors (Lipinski definition) is 9. The normalized spacial score (nSPS) is 21.9. The van der Waals surface area contributed by atoms with Gasteiger partial charge in [-0.15, -0.1) is 23.1 Å². The van der Waals surface area contributed by atoms with Crippen LogP contribution >= 0.6 is 23.1 Å². The van der Waals surface area contributed by atoms with E-state index in [1.165, 1.54) is 98.8 Å². The number of hydrogen-bond acceptors (Lipinski definition) is 21. The van der Waals surface area contributed by atoms with E-state index < -0.39 is 217 Å². The molecule has 0 saturated carbocycles. The molecule has 0 unspecified atom stereocenters. The number of nitrogens with one attached hydrogen (secondary N) is 6. The zero-order chi connectivity index (χ0) is 95.7. The lowest BCUT2D eigenvalue weighted by molar-refractivity contribution is -0.151. The molecule has 7 aromatic rings. The maximum absolute atomic E-state index is 15.6. The number of phenols is 1. The largest absolute Gasteiger partial charge is 0.508 e. The van der Waals surface area contributed by atoms with Gasteiger partial charge in [0.15, 0.2) is 11.6 Å². The highest BCUT2D eigenvalue weighted by molar-refractivity contribution is 8.00. The number of thiophene rings is 1. The van der Waals surface area contributed by atoms with Crippen molar-refractivity contribution in [3.63, 3.8) is 0 Å². The number of unbranched alkanes of at least 4 members (excludes halogenated alkanes) is 1. The number of ether oxygens (including phenoxy) is 1. The maximum atomic E-state index is 15.6. The summed E-state index contributed by atoms with van der Waals surface area (Å²) in [7, 11) is 6.74. The van der Waals surface area contributed by atoms with Crippen molar-refractivity contribution in [3.05, 3.63) is 208 Å². The number of carbonyl (C=O) groups is 16. The zero-order valence-corrected chi connectivity index (χ0v) is 77.4. The van der Waals surface area contributed by atoms with Crippen LogP contribution in [0.25, 0.3) is 10.1 Å². The Morgan fingerprint density at radius 2 is 1.06 bits per heavy atom. The second kappa shape index (κ2) is 51.1. The number of rotatable bonds is 26. The molecule has 1 saturated heterocycles. The lowest BCUT2D eigenvalue weighted by atomic mass is 9.84. The molecule has 12 amide bonds. The number of primary amides is 1. The minimum absolute atomic E-state index is 0.0551. The minimum Gasteiger partial charge on any atom is -0.508 e. The monoisotopic (exact) mass is 1840 g/mol. The molecular formula is C97H122FN13O18S2. The van der Waals surface area contributed by atoms with E-state index >= 15 is 47.5 Å². The standard InChI is InChI=1S/C97H122FN13O18S2/c1-11-12-29-80-96(127)107(6)52-71(114)48-67(54-129-58-112)84(116)50-73(60(4)5)93(124)110(9)81(46-61-22-15-13-16-23-61)92(123)105-77(44-63-31-33-65(51-99)34-32-63)94(125)108(7)53-87(118)101-76(49-68-55-131-85-30-20-19-28-72(68)85)91(122)104-75(43-64-35-37-70(113)38-36-64)90(121)103-74(41-59(2)3)89(120)106-79(83(115)39-40-86(100)117)56-130-57-88(119)102-78(45-66-26-21-27-69(98)42-66)95(126)111(10)82(97(128)109(80)8)47-62-24-17-14-18-25-62/h13-28,30-38,42,55,58-60,67,73-82,113H,11-12,29,39-41,43-54,56-57,99H2,1-10H3,(H2,100,117)(H,101,118)(H,102,119)(H,103,121)(H,104,122)(H,105,123)(H,106,120)/t67-,73-,74-,75-,76-,77-,78-,79-,80-,81-,82-/m0/s1. The molecule has 1 aliphatic rings. The Balaban J connectivity index is 1.22. The van der Waals surface area contributed by atoms with Crippen LogP contribution in [0.4, 0.5) is 4.39 Å². The number of ketones is 3. The number of carbonyl (C=O) groups excluding carboxylic acids is 16. The van der Waals surface area contributed by atoms with Crippen LogP contribution in [0.1, 0.15) is 125 Å². The summed E-state index contributed by atoms with van der Waals surface area (Å²) in [6.07, 6.45) is -2.46. The molecule has 0 spiro atoms. The predicted molar refractivity (Wildman–Crippen MR) is 495 cm³/mol. The molecule has 1 aliphatic heterocycles. The minimum atomic E-state index is -1.58. The summed E-state index contributed by atoms with van der Waals surface area (Å²) in [5.74, 6) is -17.2. The molecule has 6 aromatic carbocycles. The van der Waals surface area contributed by atoms with Crippen LogP contribution in [0, 0.1) is 29.5 Å². The van der Waals surface area contributed by atoms with E-state index in [0.29, 0.717) is 40.7 Å². The van der Waals surface area contributed by atoms with Crippen molar-refractivity contribution in [3.8, 4) is 5.75 Å². The van der Waals surface area contributed by atoms with Crippen LogP contribution in [0.5, 0.6) is 5.75 Å². The molecule has 131 heavy (non-hydrogen) atoms. The first-order valence-electron chi connectivity index (χ1n) is 43.9. The van der Waals surface area contributed by atoms with E-state index in [0.717, 1.165) is 48.2 Å². The Morgan fingerprint density at radius 3 is 1.67 bits per heavy atom. The number of Topliss-reactive ketones (excluding diaryl/α,β-unsaturated/α-hetero) is 3. The van der Waals surface area contributed by atoms with Crippen LogP contribution in [-0.2, 0) is 127 Å². The number of fused-ring (bicyclic) bond motifs is 1. The second-order valence-corrected chi connectivity index (χ2v) is 36.1. The van der Waals surface area contributed by atoms with Gasteiger partial charge in [0.05, 0.1) is 30.8 Å². The van der Waals surface area contributed by atoms with Crippen LogP contribution in [0.2, 0.25) is 0 Å². The van der Waals surface area contributed by atoms with Crippen molar-refractivity contribution in [2.24, 2.45) is 35.1 Å². The van der Waals surface area contributed by atoms with Crippen LogP contribution in [0.15, 0.2) is 163 Å². The van der Waals surface area contributed by atoms with Crippen LogP contribution < -0.4 is 43.4 Å². The van der Waals surface area contributed by atoms with Gasteiger partial charge in [-0.2, -0.15) is 0 Å². The molecule has 31 nitrogen and oxygen atoms in total. The third kappa shape index (κ3) is 31.6. The first kappa shape index (κ1) is 104. The number of aromatic hydroxyl groups is 1. The molecule has 0 bridgehead atoms. The number of nitrogens with two attached hydrogens (primary N) is 2. The lowest BCUT2D eigenvalue weighted by Crippen LogP contribution is -2.59. The van der Waals surface area contributed by atoms with E-state index in [4.69, 9.17) is 16.2 Å². The van der Waals surface area contributed by atoms with Gasteiger partial charge in [-0.1, -0.05) is 175 Å². The summed E-state index contributed by atoms with van der Waals surface area (Å²) in [6.45, 7) is 7.02. The first-order chi connectivity index (χ1) is 62.4. The molecule has 0 aliphatic carbocycles. The van der Waals surface area contributed by atoms with Crippen molar-refractivity contribution in [2.45, 2.75) is 185 Å². The van der Waals surface area contributed by atoms with Gasteiger partial charge in [-0.25, -0.2) is 4.39 Å². The van der Waals surface area contributed by atoms with Gasteiger partial charge in [-0.3, -0.25) is 76.7 Å². The summed E-state index contributed by atoms with van der Waals surface area (Å²) < 4.78 is 21.1. The zero-order valence-electron chi connectivity index (χ0n) is 75.8. The van der Waals surface area contributed by atoms with Crippen molar-refractivity contribution in [2.75, 3.05) is 66.4 Å². The van der Waals surface area contributed by atoms with E-state index in [9.17, 15) is 38.7 Å². The Labute approximate surface area is 771 Å². The summed E-state index contributed by atoms with van der Waals surface area (Å²) in [5.41, 5.74) is 15.2. The van der Waals surface area contributed by atoms with Gasteiger partial charge in [0, 0.05) is 122 Å². The number of amides is 12. The quantitative estimate of drug-likeness (QED) is 0.0278. The van der Waals surface area contributed by atoms with Crippen molar-refractivity contribution >= 4 is 128 Å². The van der Waals surface area contributed by atoms with E-state index in [1.807, 2.05) is 25.1 Å². The summed E-state index contributed by atoms with van der Waals surface area (Å²) in [4.78, 5) is 241. The molecular weight excluding hydrogens is 1720 g/mol. The van der Waals surface area contributed by atoms with E-state index in [-0.39, 0.29) is 87.4 Å². The predicted octanol–water partition coefficient (Wildman–Crippen LogP) is 6.06. The molecule has 8 rings (SSSR count). The number of nitrogens with zero attached hydrogens (tertiary/aromatic N) is 5. The fraction of sp³-hybridized carbons (Fsp3) is 0.443. The van der Waals surface area contributed by atoms with Crippen LogP contribution in [-0.4, -0.2) is 245 Å². The highest BCUT2D eigenvalue weighted by Gasteiger charge is 2.42. The third-order valence-electron chi connectivity index (χ3n) is 23.2. The number of phenolic OH excluding ortho intramolecular Hbond substituents is 1. The SMILES string of the molecule is CCCC[C@H]1C(=O)N(C)CC(=O)C[C@@H](COC=O)C(=O)C[C@@H](C(C)C)C(=O)N(C)[C@@H](Cc2ccccc2)C(=O)N[C@@H](Cc2ccc(CN)cc2)C(=O)N(C)CC(=O)N[C@@H](Cc2csc3ccccc23)C(=O)N[C@@H](Cc2ccc(O)cc2)C(=O)N[C@@H](CC(C)C)C(=O)N[C@H](C(=O)CCC(N)=O)CSCC(=O)N[C@@H](Cc2cccc(F)c2)C(=O)N(C)[C@@H](Cc2ccccc2)C(=O)N1C. The topological polar surface area (TPSA) is 443 Å². The van der Waals surface area contributed by atoms with E-state index in [2.05, 4.69) is 31.9 Å². The number of likely N-dealkylation sites (N-methyl/N-ethyl adjacent to an activating group) is 5. The molecule has 11 atom stereocenters. The smallest absolute Gasteiger partial charge is 0.293 e. The molecule has 0 radical (unpaired) electrons. The van der Waals surface area contributed by atoms with Gasteiger partial charge < -0.3 is 77.7 Å². The third-order valence-corrected chi connectivity index (χ3v) is 25.2. The van der Waals surface area contributed by atoms with Gasteiger partial charge in [0.2, 0.25) is 70.9 Å². The number of thioether (sulfide) groups is 1. The highest BCUT2D eigenvalue weighted by Crippen LogP contribution is 2.30. The Hall–Kier alpha value is -12.6. The maximum Gasteiger partial charge on any atom is 0.293 e. The van der Waals surface area contributed by atoms with Gasteiger partial charge in [0.25, 0.3) is 6.47 Å². The Kier molecular flexibility index (Phi) is 40.5. The van der Waals surface area contributed by atoms with Crippen molar-refractivity contribution in [1.29, 1.82) is 0 Å². The average Bonchev–Trinajstić information content (AvgIpc) is 1.67. The first-order valence-corrected chi connectivity index (χ1v) is 45.9. The Bertz CT molecular complexity index is 5120. The van der Waals surface area contributed by atoms with Crippen molar-refractivity contribution < 1.29 is 90.9 Å².